The second-order valence-corrected chi connectivity index (χ2v) is 12.4. The van der Waals surface area contributed by atoms with Crippen LogP contribution in [0.3, 0.4) is 0 Å². The van der Waals surface area contributed by atoms with Crippen molar-refractivity contribution >= 4 is 39.1 Å². The molecule has 226 valence electrons. The van der Waals surface area contributed by atoms with Gasteiger partial charge in [-0.25, -0.2) is 12.8 Å². The Labute approximate surface area is 252 Å². The Morgan fingerprint density at radius 3 is 2.12 bits per heavy atom. The summed E-state index contributed by atoms with van der Waals surface area (Å²) in [7, 11) is -4.32. The molecular weight excluding hydrogens is 581 g/mol. The maximum atomic E-state index is 14.1. The van der Waals surface area contributed by atoms with Crippen molar-refractivity contribution in [3.05, 3.63) is 89.2 Å². The first-order valence-corrected chi connectivity index (χ1v) is 15.6. The molecule has 3 aromatic rings. The zero-order valence-electron chi connectivity index (χ0n) is 24.2. The summed E-state index contributed by atoms with van der Waals surface area (Å²) in [4.78, 5) is 28.5. The van der Waals surface area contributed by atoms with E-state index in [2.05, 4.69) is 5.32 Å². The van der Waals surface area contributed by atoms with Crippen LogP contribution in [0.25, 0.3) is 0 Å². The van der Waals surface area contributed by atoms with Crippen molar-refractivity contribution in [2.45, 2.75) is 51.6 Å². The summed E-state index contributed by atoms with van der Waals surface area (Å²) in [5.74, 6) is -0.782. The molecule has 0 radical (unpaired) electrons. The van der Waals surface area contributed by atoms with Gasteiger partial charge in [0.25, 0.3) is 10.0 Å². The monoisotopic (exact) mass is 617 g/mol. The quantitative estimate of drug-likeness (QED) is 0.252. The first kappa shape index (κ1) is 32.9. The van der Waals surface area contributed by atoms with E-state index < -0.39 is 34.3 Å². The number of nitrogens with one attached hydrogen (secondary N) is 1. The molecule has 3 aromatic carbocycles. The van der Waals surface area contributed by atoms with Gasteiger partial charge < -0.3 is 15.0 Å². The Bertz CT molecular complexity index is 1430. The molecule has 1 N–H and O–H groups in total. The highest BCUT2D eigenvalue weighted by atomic mass is 35.5. The SMILES string of the molecule is CCOc1ccc(N(CC(=O)N(Cc2ccc(Cl)cc2)C(CC)C(=O)NCC(C)C)S(=O)(=O)c2ccc(F)cc2)cc1. The van der Waals surface area contributed by atoms with Gasteiger partial charge in [-0.1, -0.05) is 44.5 Å². The van der Waals surface area contributed by atoms with Crippen molar-refractivity contribution in [2.24, 2.45) is 5.92 Å². The summed E-state index contributed by atoms with van der Waals surface area (Å²) in [6, 6.07) is 16.7. The van der Waals surface area contributed by atoms with Gasteiger partial charge in [0.1, 0.15) is 24.2 Å². The zero-order valence-corrected chi connectivity index (χ0v) is 25.8. The number of halogens is 2. The van der Waals surface area contributed by atoms with E-state index in [1.54, 1.807) is 43.3 Å². The van der Waals surface area contributed by atoms with Gasteiger partial charge in [0.05, 0.1) is 17.2 Å². The molecule has 0 aliphatic carbocycles. The number of hydrogen-bond acceptors (Lipinski definition) is 5. The van der Waals surface area contributed by atoms with Crippen molar-refractivity contribution in [1.82, 2.24) is 10.2 Å². The fourth-order valence-corrected chi connectivity index (χ4v) is 5.81. The molecule has 3 rings (SSSR count). The zero-order chi connectivity index (χ0) is 30.9. The molecule has 2 amide bonds. The molecule has 1 atom stereocenters. The Balaban J connectivity index is 2.04. The number of rotatable bonds is 14. The number of nitrogens with zero attached hydrogens (tertiary/aromatic N) is 2. The van der Waals surface area contributed by atoms with Crippen LogP contribution in [0.15, 0.2) is 77.7 Å². The molecular formula is C31H37ClFN3O5S. The van der Waals surface area contributed by atoms with Crippen molar-refractivity contribution in [3.63, 3.8) is 0 Å². The molecule has 0 spiro atoms. The molecule has 0 saturated carbocycles. The largest absolute Gasteiger partial charge is 0.494 e. The van der Waals surface area contributed by atoms with E-state index in [0.717, 1.165) is 34.1 Å². The van der Waals surface area contributed by atoms with Gasteiger partial charge in [0.15, 0.2) is 0 Å². The van der Waals surface area contributed by atoms with Gasteiger partial charge in [-0.05, 0) is 85.5 Å². The van der Waals surface area contributed by atoms with Crippen LogP contribution in [-0.4, -0.2) is 50.9 Å². The number of carbonyl (C=O) groups excluding carboxylic acids is 2. The van der Waals surface area contributed by atoms with Crippen LogP contribution in [0.2, 0.25) is 5.02 Å². The molecule has 42 heavy (non-hydrogen) atoms. The van der Waals surface area contributed by atoms with Gasteiger partial charge in [-0.2, -0.15) is 0 Å². The van der Waals surface area contributed by atoms with Crippen molar-refractivity contribution in [2.75, 3.05) is 24.0 Å². The number of ether oxygens (including phenoxy) is 1. The standard InChI is InChI=1S/C31H37ClFN3O5S/c1-5-29(31(38)34-19-22(3)4)35(20-23-7-9-24(32)10-8-23)30(37)21-36(26-13-15-27(16-14-26)41-6-2)42(39,40)28-17-11-25(33)12-18-28/h7-18,22,29H,5-6,19-21H2,1-4H3,(H,34,38). The van der Waals surface area contributed by atoms with E-state index in [1.165, 1.54) is 17.0 Å². The number of benzene rings is 3. The predicted octanol–water partition coefficient (Wildman–Crippen LogP) is 5.65. The van der Waals surface area contributed by atoms with Crippen LogP contribution in [0.1, 0.15) is 39.7 Å². The minimum atomic E-state index is -4.32. The van der Waals surface area contributed by atoms with Crippen LogP contribution >= 0.6 is 11.6 Å². The van der Waals surface area contributed by atoms with Gasteiger partial charge in [0.2, 0.25) is 11.8 Å². The molecule has 8 nitrogen and oxygen atoms in total. The molecule has 1 unspecified atom stereocenters. The molecule has 0 bridgehead atoms. The molecule has 11 heteroatoms. The highest BCUT2D eigenvalue weighted by Gasteiger charge is 2.33. The van der Waals surface area contributed by atoms with E-state index in [4.69, 9.17) is 16.3 Å². The Morgan fingerprint density at radius 1 is 0.952 bits per heavy atom. The van der Waals surface area contributed by atoms with Gasteiger partial charge in [-0.15, -0.1) is 0 Å². The topological polar surface area (TPSA) is 96.0 Å². The van der Waals surface area contributed by atoms with Crippen LogP contribution < -0.4 is 14.4 Å². The summed E-state index contributed by atoms with van der Waals surface area (Å²) in [5.41, 5.74) is 0.928. The van der Waals surface area contributed by atoms with E-state index in [0.29, 0.717) is 30.3 Å². The normalized spacial score (nSPS) is 12.1. The Kier molecular flexibility index (Phi) is 11.8. The summed E-state index contributed by atoms with van der Waals surface area (Å²) in [5, 5.41) is 3.41. The number of anilines is 1. The lowest BCUT2D eigenvalue weighted by Crippen LogP contribution is -2.52. The molecule has 0 fully saturated rings. The van der Waals surface area contributed by atoms with Crippen molar-refractivity contribution in [1.29, 1.82) is 0 Å². The first-order valence-electron chi connectivity index (χ1n) is 13.8. The lowest BCUT2D eigenvalue weighted by Gasteiger charge is -2.33. The number of carbonyl (C=O) groups is 2. The average molecular weight is 618 g/mol. The minimum Gasteiger partial charge on any atom is -0.494 e. The van der Waals surface area contributed by atoms with Gasteiger partial charge in [0, 0.05) is 18.1 Å². The minimum absolute atomic E-state index is 0.0529. The fraction of sp³-hybridized carbons (Fsp3) is 0.355. The van der Waals surface area contributed by atoms with Gasteiger partial charge >= 0.3 is 0 Å². The summed E-state index contributed by atoms with van der Waals surface area (Å²) in [6.07, 6.45) is 0.303. The van der Waals surface area contributed by atoms with E-state index in [9.17, 15) is 22.4 Å². The second-order valence-electron chi connectivity index (χ2n) is 10.1. The molecule has 0 saturated heterocycles. The maximum Gasteiger partial charge on any atom is 0.264 e. The highest BCUT2D eigenvalue weighted by molar-refractivity contribution is 7.92. The summed E-state index contributed by atoms with van der Waals surface area (Å²) in [6.45, 7) is 7.85. The van der Waals surface area contributed by atoms with E-state index >= 15 is 0 Å². The highest BCUT2D eigenvalue weighted by Crippen LogP contribution is 2.27. The average Bonchev–Trinajstić information content (AvgIpc) is 2.96. The lowest BCUT2D eigenvalue weighted by molar-refractivity contribution is -0.140. The van der Waals surface area contributed by atoms with Crippen molar-refractivity contribution in [3.8, 4) is 5.75 Å². The number of sulfonamides is 1. The van der Waals surface area contributed by atoms with Crippen LogP contribution in [0, 0.1) is 11.7 Å². The van der Waals surface area contributed by atoms with Crippen molar-refractivity contribution < 1.29 is 27.1 Å². The third-order valence-corrected chi connectivity index (χ3v) is 8.49. The van der Waals surface area contributed by atoms with Crippen LogP contribution in [0.4, 0.5) is 10.1 Å². The number of amides is 2. The summed E-state index contributed by atoms with van der Waals surface area (Å²) >= 11 is 6.06. The molecule has 0 heterocycles. The molecule has 0 aromatic heterocycles. The first-order chi connectivity index (χ1) is 20.0. The smallest absolute Gasteiger partial charge is 0.264 e. The molecule has 0 aliphatic heterocycles. The number of hydrogen-bond donors (Lipinski definition) is 1. The summed E-state index contributed by atoms with van der Waals surface area (Å²) < 4.78 is 47.8. The molecule has 0 aliphatic rings. The predicted molar refractivity (Wildman–Crippen MR) is 162 cm³/mol. The fourth-order valence-electron chi connectivity index (χ4n) is 4.27. The third-order valence-electron chi connectivity index (χ3n) is 6.45. The lowest BCUT2D eigenvalue weighted by atomic mass is 10.1. The van der Waals surface area contributed by atoms with Gasteiger partial charge in [-0.3, -0.25) is 13.9 Å². The Morgan fingerprint density at radius 2 is 1.57 bits per heavy atom. The second kappa shape index (κ2) is 15.0. The maximum absolute atomic E-state index is 14.1. The van der Waals surface area contributed by atoms with E-state index in [1.807, 2.05) is 20.8 Å². The van der Waals surface area contributed by atoms with Crippen LogP contribution in [0.5, 0.6) is 5.75 Å². The van der Waals surface area contributed by atoms with E-state index in [-0.39, 0.29) is 29.0 Å². The third kappa shape index (κ3) is 8.69. The van der Waals surface area contributed by atoms with Crippen LogP contribution in [-0.2, 0) is 26.2 Å². The Hall–Kier alpha value is -3.63.